The number of benzene rings is 1. The van der Waals surface area contributed by atoms with Crippen LogP contribution in [0.1, 0.15) is 15.4 Å². The number of nitrogens with one attached hydrogen (secondary N) is 1. The molecular weight excluding hydrogens is 342 g/mol. The lowest BCUT2D eigenvalue weighted by molar-refractivity contribution is 0.0947. The Balaban J connectivity index is 1.82. The number of anilines is 1. The van der Waals surface area contributed by atoms with E-state index in [0.29, 0.717) is 23.7 Å². The average molecular weight is 359 g/mol. The summed E-state index contributed by atoms with van der Waals surface area (Å²) < 4.78 is 11.8. The number of methoxy groups -OCH3 is 2. The molecule has 0 radical (unpaired) electrons. The number of nitrogens with two attached hydrogens (primary N) is 1. The summed E-state index contributed by atoms with van der Waals surface area (Å²) in [4.78, 5) is 13.3. The summed E-state index contributed by atoms with van der Waals surface area (Å²) in [6.07, 6.45) is 0. The first-order valence-corrected chi connectivity index (χ1v) is 8.26. The number of aromatic nitrogens is 3. The van der Waals surface area contributed by atoms with Gasteiger partial charge >= 0.3 is 0 Å². The van der Waals surface area contributed by atoms with Gasteiger partial charge in [0.05, 0.1) is 26.5 Å². The molecule has 2 aromatic heterocycles. The van der Waals surface area contributed by atoms with E-state index in [0.717, 1.165) is 4.88 Å². The molecule has 0 fully saturated rings. The van der Waals surface area contributed by atoms with E-state index in [1.54, 1.807) is 36.6 Å². The quantitative estimate of drug-likeness (QED) is 0.696. The molecular formula is C16H17N5O3S. The maximum atomic E-state index is 12.3. The Morgan fingerprint density at radius 3 is 2.76 bits per heavy atom. The number of rotatable bonds is 6. The molecule has 1 amide bonds. The molecule has 3 rings (SSSR count). The largest absolute Gasteiger partial charge is 0.493 e. The van der Waals surface area contributed by atoms with Crippen LogP contribution in [-0.4, -0.2) is 35.1 Å². The van der Waals surface area contributed by atoms with Gasteiger partial charge in [-0.2, -0.15) is 4.68 Å². The number of ether oxygens (including phenoxy) is 2. The van der Waals surface area contributed by atoms with Crippen molar-refractivity contribution >= 4 is 23.1 Å². The van der Waals surface area contributed by atoms with Crippen LogP contribution < -0.4 is 20.5 Å². The van der Waals surface area contributed by atoms with Gasteiger partial charge in [-0.25, -0.2) is 0 Å². The summed E-state index contributed by atoms with van der Waals surface area (Å²) in [5.74, 6) is 0.881. The van der Waals surface area contributed by atoms with Crippen molar-refractivity contribution in [3.05, 3.63) is 46.3 Å². The first kappa shape index (κ1) is 16.8. The Bertz CT molecular complexity index is 876. The summed E-state index contributed by atoms with van der Waals surface area (Å²) >= 11 is 1.56. The lowest BCUT2D eigenvalue weighted by Crippen LogP contribution is -2.23. The molecule has 3 aromatic rings. The summed E-state index contributed by atoms with van der Waals surface area (Å²) in [5.41, 5.74) is 6.74. The first-order chi connectivity index (χ1) is 12.1. The third-order valence-electron chi connectivity index (χ3n) is 3.54. The minimum Gasteiger partial charge on any atom is -0.493 e. The zero-order valence-electron chi connectivity index (χ0n) is 13.7. The number of hydrogen-bond donors (Lipinski definition) is 2. The van der Waals surface area contributed by atoms with Gasteiger partial charge in [-0.1, -0.05) is 11.3 Å². The fourth-order valence-electron chi connectivity index (χ4n) is 2.26. The maximum Gasteiger partial charge on any atom is 0.276 e. The van der Waals surface area contributed by atoms with Crippen molar-refractivity contribution in [2.75, 3.05) is 20.0 Å². The molecule has 0 aliphatic carbocycles. The van der Waals surface area contributed by atoms with E-state index < -0.39 is 0 Å². The van der Waals surface area contributed by atoms with Crippen molar-refractivity contribution < 1.29 is 14.3 Å². The number of carbonyl (C=O) groups is 1. The number of carbonyl (C=O) groups excluding carboxylic acids is 1. The number of nitrogens with zero attached hydrogens (tertiary/aromatic N) is 3. The van der Waals surface area contributed by atoms with Gasteiger partial charge in [0.1, 0.15) is 0 Å². The van der Waals surface area contributed by atoms with Crippen molar-refractivity contribution in [1.82, 2.24) is 20.3 Å². The molecule has 0 saturated heterocycles. The molecule has 130 valence electrons. The molecule has 0 aliphatic rings. The van der Waals surface area contributed by atoms with Crippen molar-refractivity contribution in [2.45, 2.75) is 6.54 Å². The van der Waals surface area contributed by atoms with E-state index in [2.05, 4.69) is 15.6 Å². The van der Waals surface area contributed by atoms with E-state index in [-0.39, 0.29) is 17.4 Å². The summed E-state index contributed by atoms with van der Waals surface area (Å²) in [6.45, 7) is 0.416. The maximum absolute atomic E-state index is 12.3. The second-order valence-electron chi connectivity index (χ2n) is 5.04. The van der Waals surface area contributed by atoms with Crippen LogP contribution in [0.3, 0.4) is 0 Å². The second-order valence-corrected chi connectivity index (χ2v) is 6.07. The third-order valence-corrected chi connectivity index (χ3v) is 4.41. The fourth-order valence-corrected chi connectivity index (χ4v) is 2.91. The molecule has 3 N–H and O–H groups in total. The fraction of sp³-hybridized carbons (Fsp3) is 0.188. The van der Waals surface area contributed by atoms with Gasteiger partial charge in [-0.05, 0) is 23.6 Å². The lowest BCUT2D eigenvalue weighted by atomic mass is 10.2. The van der Waals surface area contributed by atoms with Crippen LogP contribution in [0.25, 0.3) is 5.69 Å². The Labute approximate surface area is 148 Å². The molecule has 0 aliphatic heterocycles. The van der Waals surface area contributed by atoms with Crippen LogP contribution in [0.5, 0.6) is 11.5 Å². The summed E-state index contributed by atoms with van der Waals surface area (Å²) in [6, 6.07) is 9.05. The molecule has 8 nitrogen and oxygen atoms in total. The minimum absolute atomic E-state index is 0.0753. The average Bonchev–Trinajstić information content (AvgIpc) is 3.28. The predicted octanol–water partition coefficient (Wildman–Crippen LogP) is 1.86. The number of hydrogen-bond acceptors (Lipinski definition) is 7. The zero-order chi connectivity index (χ0) is 17.8. The van der Waals surface area contributed by atoms with Crippen molar-refractivity contribution in [3.8, 4) is 17.2 Å². The molecule has 0 unspecified atom stereocenters. The Morgan fingerprint density at radius 2 is 2.08 bits per heavy atom. The molecule has 0 saturated carbocycles. The van der Waals surface area contributed by atoms with E-state index in [1.807, 2.05) is 17.5 Å². The standard InChI is InChI=1S/C16H17N5O3S/c1-23-12-6-5-10(8-13(12)24-2)21-15(17)14(19-20-21)16(22)18-9-11-4-3-7-25-11/h3-8H,9,17H2,1-2H3,(H,18,22). The van der Waals surface area contributed by atoms with Crippen LogP contribution in [0.4, 0.5) is 5.82 Å². The van der Waals surface area contributed by atoms with Crippen LogP contribution in [0.2, 0.25) is 0 Å². The lowest BCUT2D eigenvalue weighted by Gasteiger charge is -2.10. The molecule has 0 atom stereocenters. The Morgan fingerprint density at radius 1 is 1.28 bits per heavy atom. The second kappa shape index (κ2) is 7.22. The van der Waals surface area contributed by atoms with E-state index in [4.69, 9.17) is 15.2 Å². The molecule has 9 heteroatoms. The summed E-state index contributed by atoms with van der Waals surface area (Å²) in [7, 11) is 3.09. The Hall–Kier alpha value is -3.07. The van der Waals surface area contributed by atoms with Gasteiger partial charge in [0.2, 0.25) is 0 Å². The van der Waals surface area contributed by atoms with E-state index in [9.17, 15) is 4.79 Å². The molecule has 1 aromatic carbocycles. The molecule has 0 spiro atoms. The molecule has 2 heterocycles. The van der Waals surface area contributed by atoms with E-state index >= 15 is 0 Å². The van der Waals surface area contributed by atoms with Crippen molar-refractivity contribution in [2.24, 2.45) is 0 Å². The minimum atomic E-state index is -0.377. The topological polar surface area (TPSA) is 104 Å². The SMILES string of the molecule is COc1ccc(-n2nnc(C(=O)NCc3cccs3)c2N)cc1OC. The van der Waals surface area contributed by atoms with Crippen LogP contribution in [0, 0.1) is 0 Å². The molecule has 0 bridgehead atoms. The zero-order valence-corrected chi connectivity index (χ0v) is 14.5. The highest BCUT2D eigenvalue weighted by atomic mass is 32.1. The number of amides is 1. The van der Waals surface area contributed by atoms with Gasteiger partial charge in [0, 0.05) is 10.9 Å². The van der Waals surface area contributed by atoms with Crippen LogP contribution >= 0.6 is 11.3 Å². The highest BCUT2D eigenvalue weighted by Crippen LogP contribution is 2.29. The van der Waals surface area contributed by atoms with E-state index in [1.165, 1.54) is 11.8 Å². The third kappa shape index (κ3) is 3.41. The summed E-state index contributed by atoms with van der Waals surface area (Å²) in [5, 5.41) is 12.6. The smallest absolute Gasteiger partial charge is 0.276 e. The molecule has 25 heavy (non-hydrogen) atoms. The van der Waals surface area contributed by atoms with Gasteiger partial charge in [0.15, 0.2) is 23.0 Å². The highest BCUT2D eigenvalue weighted by molar-refractivity contribution is 7.09. The van der Waals surface area contributed by atoms with Gasteiger partial charge in [-0.15, -0.1) is 16.4 Å². The predicted molar refractivity (Wildman–Crippen MR) is 94.4 cm³/mol. The normalized spacial score (nSPS) is 10.5. The van der Waals surface area contributed by atoms with Crippen LogP contribution in [0.15, 0.2) is 35.7 Å². The van der Waals surface area contributed by atoms with Gasteiger partial charge in [0.25, 0.3) is 5.91 Å². The first-order valence-electron chi connectivity index (χ1n) is 7.38. The monoisotopic (exact) mass is 359 g/mol. The van der Waals surface area contributed by atoms with Crippen molar-refractivity contribution in [3.63, 3.8) is 0 Å². The van der Waals surface area contributed by atoms with Crippen LogP contribution in [-0.2, 0) is 6.54 Å². The number of thiophene rings is 1. The van der Waals surface area contributed by atoms with Gasteiger partial charge in [-0.3, -0.25) is 4.79 Å². The van der Waals surface area contributed by atoms with Crippen molar-refractivity contribution in [1.29, 1.82) is 0 Å². The number of nitrogen functional groups attached to an aromatic ring is 1. The Kier molecular flexibility index (Phi) is 4.85. The highest BCUT2D eigenvalue weighted by Gasteiger charge is 2.19. The van der Waals surface area contributed by atoms with Gasteiger partial charge < -0.3 is 20.5 Å².